The van der Waals surface area contributed by atoms with Crippen LogP contribution in [0.4, 0.5) is 21.5 Å². The fourth-order valence-corrected chi connectivity index (χ4v) is 3.75. The molecule has 1 aliphatic heterocycles. The summed E-state index contributed by atoms with van der Waals surface area (Å²) in [5, 5.41) is 25.0. The summed E-state index contributed by atoms with van der Waals surface area (Å²) in [4.78, 5) is 26.0. The Morgan fingerprint density at radius 2 is 1.94 bits per heavy atom. The molecule has 1 fully saturated rings. The van der Waals surface area contributed by atoms with Gasteiger partial charge in [0.2, 0.25) is 0 Å². The van der Waals surface area contributed by atoms with Crippen molar-refractivity contribution in [3.63, 3.8) is 0 Å². The van der Waals surface area contributed by atoms with Crippen LogP contribution in [0.1, 0.15) is 35.9 Å². The number of carbonyl (C=O) groups excluding carboxylic acids is 1. The number of aromatic nitrogens is 4. The number of aryl methyl sites for hydroxylation is 1. The first-order valence-corrected chi connectivity index (χ1v) is 10.2. The van der Waals surface area contributed by atoms with E-state index in [0.29, 0.717) is 23.1 Å². The van der Waals surface area contributed by atoms with Crippen LogP contribution in [0.5, 0.6) is 0 Å². The third-order valence-electron chi connectivity index (χ3n) is 5.62. The first-order chi connectivity index (χ1) is 15.3. The summed E-state index contributed by atoms with van der Waals surface area (Å²) < 4.78 is 15.6. The van der Waals surface area contributed by atoms with Crippen molar-refractivity contribution in [1.82, 2.24) is 20.2 Å². The van der Waals surface area contributed by atoms with Crippen LogP contribution in [0, 0.1) is 28.8 Å². The Bertz CT molecular complexity index is 1170. The maximum atomic E-state index is 14.3. The molecule has 1 aliphatic rings. The SMILES string of the molecule is Cc1nnnn1-c1cc(NC(=O)c2cc([N+](=O)[O-])ccc2N2CCC(C)CC2)ccc1F. The van der Waals surface area contributed by atoms with Crippen LogP contribution in [0.2, 0.25) is 0 Å². The molecule has 0 bridgehead atoms. The minimum Gasteiger partial charge on any atom is -0.371 e. The molecule has 11 heteroatoms. The number of benzene rings is 2. The second-order valence-corrected chi connectivity index (χ2v) is 7.89. The summed E-state index contributed by atoms with van der Waals surface area (Å²) >= 11 is 0. The summed E-state index contributed by atoms with van der Waals surface area (Å²) in [5.41, 5.74) is 1.05. The predicted molar refractivity (Wildman–Crippen MR) is 116 cm³/mol. The fraction of sp³-hybridized carbons (Fsp3) is 0.333. The van der Waals surface area contributed by atoms with E-state index in [1.54, 1.807) is 13.0 Å². The number of tetrazole rings is 1. The topological polar surface area (TPSA) is 119 Å². The lowest BCUT2D eigenvalue weighted by Gasteiger charge is -2.33. The number of non-ortho nitro benzene ring substituents is 1. The molecular formula is C21H22FN7O3. The Balaban J connectivity index is 1.66. The van der Waals surface area contributed by atoms with Crippen LogP contribution in [0.15, 0.2) is 36.4 Å². The molecule has 0 saturated carbocycles. The Labute approximate surface area is 183 Å². The Morgan fingerprint density at radius 3 is 2.59 bits per heavy atom. The van der Waals surface area contributed by atoms with Crippen LogP contribution in [0.25, 0.3) is 5.69 Å². The van der Waals surface area contributed by atoms with Gasteiger partial charge in [-0.15, -0.1) is 5.10 Å². The maximum Gasteiger partial charge on any atom is 0.270 e. The number of amides is 1. The summed E-state index contributed by atoms with van der Waals surface area (Å²) in [5.74, 6) is -0.105. The monoisotopic (exact) mass is 439 g/mol. The molecule has 2 heterocycles. The molecule has 1 amide bonds. The molecular weight excluding hydrogens is 417 g/mol. The van der Waals surface area contributed by atoms with E-state index in [0.717, 1.165) is 25.9 Å². The number of nitro benzene ring substituents is 1. The quantitative estimate of drug-likeness (QED) is 0.477. The van der Waals surface area contributed by atoms with Gasteiger partial charge in [0.25, 0.3) is 11.6 Å². The number of halogens is 1. The highest BCUT2D eigenvalue weighted by atomic mass is 19.1. The van der Waals surface area contributed by atoms with E-state index < -0.39 is 16.6 Å². The highest BCUT2D eigenvalue weighted by Crippen LogP contribution is 2.30. The van der Waals surface area contributed by atoms with E-state index in [4.69, 9.17) is 0 Å². The van der Waals surface area contributed by atoms with Gasteiger partial charge in [0.15, 0.2) is 5.82 Å². The molecule has 0 radical (unpaired) electrons. The number of anilines is 2. The van der Waals surface area contributed by atoms with Gasteiger partial charge in [0, 0.05) is 30.9 Å². The van der Waals surface area contributed by atoms with Gasteiger partial charge in [-0.2, -0.15) is 4.68 Å². The summed E-state index contributed by atoms with van der Waals surface area (Å²) in [6, 6.07) is 8.32. The van der Waals surface area contributed by atoms with Crippen molar-refractivity contribution in [3.8, 4) is 5.69 Å². The van der Waals surface area contributed by atoms with Gasteiger partial charge in [-0.25, -0.2) is 4.39 Å². The number of rotatable bonds is 5. The number of hydrogen-bond acceptors (Lipinski definition) is 7. The molecule has 0 spiro atoms. The molecule has 2 aromatic carbocycles. The fourth-order valence-electron chi connectivity index (χ4n) is 3.75. The van der Waals surface area contributed by atoms with Crippen molar-refractivity contribution in [2.45, 2.75) is 26.7 Å². The van der Waals surface area contributed by atoms with Crippen LogP contribution in [-0.2, 0) is 0 Å². The third kappa shape index (κ3) is 4.27. The molecule has 166 valence electrons. The first kappa shape index (κ1) is 21.3. The average molecular weight is 439 g/mol. The van der Waals surface area contributed by atoms with Gasteiger partial charge in [0.1, 0.15) is 11.5 Å². The van der Waals surface area contributed by atoms with Crippen LogP contribution >= 0.6 is 0 Å². The summed E-state index contributed by atoms with van der Waals surface area (Å²) in [6.07, 6.45) is 1.95. The molecule has 4 rings (SSSR count). The molecule has 10 nitrogen and oxygen atoms in total. The van der Waals surface area contributed by atoms with E-state index in [1.165, 1.54) is 35.0 Å². The number of hydrogen-bond donors (Lipinski definition) is 1. The highest BCUT2D eigenvalue weighted by molar-refractivity contribution is 6.08. The first-order valence-electron chi connectivity index (χ1n) is 10.2. The van der Waals surface area contributed by atoms with E-state index in [-0.39, 0.29) is 16.9 Å². The minimum atomic E-state index is -0.558. The standard InChI is InChI=1S/C21H22FN7O3/c1-13-7-9-27(10-8-13)19-6-4-16(29(31)32)12-17(19)21(30)23-15-3-5-18(22)20(11-15)28-14(2)24-25-26-28/h3-6,11-13H,7-10H2,1-2H3,(H,23,30). The zero-order valence-electron chi connectivity index (χ0n) is 17.7. The number of nitro groups is 1. The molecule has 3 aromatic rings. The zero-order valence-corrected chi connectivity index (χ0v) is 17.7. The van der Waals surface area contributed by atoms with Crippen LogP contribution in [0.3, 0.4) is 0 Å². The van der Waals surface area contributed by atoms with Crippen molar-refractivity contribution in [1.29, 1.82) is 0 Å². The van der Waals surface area contributed by atoms with Crippen molar-refractivity contribution < 1.29 is 14.1 Å². The van der Waals surface area contributed by atoms with Gasteiger partial charge in [-0.05, 0) is 60.4 Å². The molecule has 1 aromatic heterocycles. The minimum absolute atomic E-state index is 0.0783. The maximum absolute atomic E-state index is 14.3. The Hall–Kier alpha value is -3.89. The largest absolute Gasteiger partial charge is 0.371 e. The lowest BCUT2D eigenvalue weighted by Crippen LogP contribution is -2.34. The van der Waals surface area contributed by atoms with E-state index in [9.17, 15) is 19.3 Å². The molecule has 0 unspecified atom stereocenters. The van der Waals surface area contributed by atoms with Crippen molar-refractivity contribution >= 4 is 23.0 Å². The Morgan fingerprint density at radius 1 is 1.19 bits per heavy atom. The lowest BCUT2D eigenvalue weighted by molar-refractivity contribution is -0.384. The van der Waals surface area contributed by atoms with Gasteiger partial charge in [-0.3, -0.25) is 14.9 Å². The van der Waals surface area contributed by atoms with Crippen LogP contribution < -0.4 is 10.2 Å². The second-order valence-electron chi connectivity index (χ2n) is 7.89. The normalized spacial score (nSPS) is 14.4. The zero-order chi connectivity index (χ0) is 22.8. The molecule has 1 N–H and O–H groups in total. The van der Waals surface area contributed by atoms with E-state index in [1.807, 2.05) is 0 Å². The third-order valence-corrected chi connectivity index (χ3v) is 5.62. The predicted octanol–water partition coefficient (Wildman–Crippen LogP) is 3.51. The van der Waals surface area contributed by atoms with E-state index >= 15 is 0 Å². The molecule has 0 aliphatic carbocycles. The van der Waals surface area contributed by atoms with Gasteiger partial charge < -0.3 is 10.2 Å². The average Bonchev–Trinajstić information content (AvgIpc) is 3.20. The highest BCUT2D eigenvalue weighted by Gasteiger charge is 2.24. The molecule has 32 heavy (non-hydrogen) atoms. The number of nitrogens with zero attached hydrogens (tertiary/aromatic N) is 6. The van der Waals surface area contributed by atoms with Gasteiger partial charge >= 0.3 is 0 Å². The number of carbonyl (C=O) groups is 1. The van der Waals surface area contributed by atoms with Gasteiger partial charge in [0.05, 0.1) is 16.2 Å². The van der Waals surface area contributed by atoms with E-state index in [2.05, 4.69) is 32.7 Å². The second kappa shape index (κ2) is 8.69. The van der Waals surface area contributed by atoms with Crippen molar-refractivity contribution in [2.75, 3.05) is 23.3 Å². The Kier molecular flexibility index (Phi) is 5.80. The smallest absolute Gasteiger partial charge is 0.270 e. The summed E-state index contributed by atoms with van der Waals surface area (Å²) in [6.45, 7) is 5.33. The van der Waals surface area contributed by atoms with Crippen LogP contribution in [-0.4, -0.2) is 44.1 Å². The van der Waals surface area contributed by atoms with Gasteiger partial charge in [-0.1, -0.05) is 6.92 Å². The van der Waals surface area contributed by atoms with Crippen molar-refractivity contribution in [2.24, 2.45) is 5.92 Å². The number of nitrogens with one attached hydrogen (secondary N) is 1. The van der Waals surface area contributed by atoms with Crippen molar-refractivity contribution in [3.05, 3.63) is 63.7 Å². The molecule has 1 saturated heterocycles. The molecule has 0 atom stereocenters. The lowest BCUT2D eigenvalue weighted by atomic mass is 9.98. The summed E-state index contributed by atoms with van der Waals surface area (Å²) in [7, 11) is 0. The number of piperidine rings is 1.